The van der Waals surface area contributed by atoms with E-state index in [1.54, 1.807) is 7.05 Å². The van der Waals surface area contributed by atoms with Crippen LogP contribution < -0.4 is 9.64 Å². The molecule has 0 radical (unpaired) electrons. The van der Waals surface area contributed by atoms with Gasteiger partial charge in [-0.25, -0.2) is 0 Å². The molecule has 1 aliphatic rings. The number of carboxylic acid groups (broad SMARTS) is 1. The lowest BCUT2D eigenvalue weighted by atomic mass is 10.0. The summed E-state index contributed by atoms with van der Waals surface area (Å²) in [5.41, 5.74) is 0.612. The number of rotatable bonds is 4. The van der Waals surface area contributed by atoms with Crippen molar-refractivity contribution in [1.82, 2.24) is 0 Å². The maximum absolute atomic E-state index is 12.1. The number of hydrogen-bond acceptors (Lipinski definition) is 4. The Morgan fingerprint density at radius 3 is 2.75 bits per heavy atom. The van der Waals surface area contributed by atoms with Crippen LogP contribution in [0.4, 0.5) is 5.69 Å². The van der Waals surface area contributed by atoms with E-state index in [9.17, 15) is 14.4 Å². The molecule has 0 saturated heterocycles. The van der Waals surface area contributed by atoms with E-state index in [0.717, 1.165) is 0 Å². The third kappa shape index (κ3) is 2.75. The van der Waals surface area contributed by atoms with Crippen molar-refractivity contribution in [3.63, 3.8) is 0 Å². The van der Waals surface area contributed by atoms with Gasteiger partial charge in [-0.15, -0.1) is 0 Å². The summed E-state index contributed by atoms with van der Waals surface area (Å²) in [5, 5.41) is 8.90. The number of ketones is 1. The lowest BCUT2D eigenvalue weighted by Crippen LogP contribution is -2.36. The Hall–Kier alpha value is -2.08. The molecule has 0 fully saturated rings. The molecule has 0 spiro atoms. The monoisotopic (exact) mass is 297 g/mol. The van der Waals surface area contributed by atoms with E-state index in [1.165, 1.54) is 17.0 Å². The topological polar surface area (TPSA) is 83.9 Å². The van der Waals surface area contributed by atoms with Crippen molar-refractivity contribution in [3.05, 3.63) is 22.7 Å². The number of carboxylic acids is 1. The molecular formula is C13H12ClNO5. The third-order valence-corrected chi connectivity index (χ3v) is 3.19. The van der Waals surface area contributed by atoms with Crippen LogP contribution in [-0.4, -0.2) is 36.4 Å². The summed E-state index contributed by atoms with van der Waals surface area (Å²) >= 11 is 5.94. The number of amides is 1. The van der Waals surface area contributed by atoms with E-state index in [-0.39, 0.29) is 47.5 Å². The molecule has 0 unspecified atom stereocenters. The molecule has 20 heavy (non-hydrogen) atoms. The number of Topliss-reactive ketones (excluding diaryl/α,β-unsaturated/α-hetero) is 1. The van der Waals surface area contributed by atoms with Crippen LogP contribution in [0.15, 0.2) is 12.1 Å². The molecule has 1 aliphatic heterocycles. The van der Waals surface area contributed by atoms with Crippen molar-refractivity contribution in [2.45, 2.75) is 12.8 Å². The highest BCUT2D eigenvalue weighted by Crippen LogP contribution is 2.38. The smallest absolute Gasteiger partial charge is 0.303 e. The summed E-state index contributed by atoms with van der Waals surface area (Å²) in [5.74, 6) is -1.41. The van der Waals surface area contributed by atoms with Crippen molar-refractivity contribution in [2.24, 2.45) is 0 Å². The van der Waals surface area contributed by atoms with Crippen molar-refractivity contribution < 1.29 is 24.2 Å². The highest BCUT2D eigenvalue weighted by molar-refractivity contribution is 6.31. The number of anilines is 1. The van der Waals surface area contributed by atoms with Gasteiger partial charge < -0.3 is 14.7 Å². The van der Waals surface area contributed by atoms with Crippen LogP contribution in [0.3, 0.4) is 0 Å². The minimum Gasteiger partial charge on any atom is -0.481 e. The molecule has 6 nitrogen and oxygen atoms in total. The molecule has 1 heterocycles. The molecule has 0 aliphatic carbocycles. The second kappa shape index (κ2) is 5.50. The van der Waals surface area contributed by atoms with E-state index in [2.05, 4.69) is 0 Å². The highest BCUT2D eigenvalue weighted by atomic mass is 35.5. The molecule has 0 aromatic heterocycles. The number of likely N-dealkylation sites (N-methyl/N-ethyl adjacent to an activating group) is 1. The molecule has 1 amide bonds. The zero-order chi connectivity index (χ0) is 14.9. The van der Waals surface area contributed by atoms with E-state index in [0.29, 0.717) is 5.69 Å². The SMILES string of the molecule is CN1C(=O)COc2c(C(=O)CCC(=O)O)cc(Cl)cc21. The zero-order valence-corrected chi connectivity index (χ0v) is 11.4. The van der Waals surface area contributed by atoms with Gasteiger partial charge in [-0.3, -0.25) is 14.4 Å². The first-order valence-corrected chi connectivity index (χ1v) is 6.26. The predicted octanol–water partition coefficient (Wildman–Crippen LogP) is 1.74. The van der Waals surface area contributed by atoms with Crippen LogP contribution >= 0.6 is 11.6 Å². The van der Waals surface area contributed by atoms with Crippen LogP contribution in [0.1, 0.15) is 23.2 Å². The van der Waals surface area contributed by atoms with Crippen LogP contribution in [-0.2, 0) is 9.59 Å². The number of carbonyl (C=O) groups is 3. The number of halogens is 1. The van der Waals surface area contributed by atoms with E-state index >= 15 is 0 Å². The molecule has 0 bridgehead atoms. The van der Waals surface area contributed by atoms with Crippen LogP contribution in [0.25, 0.3) is 0 Å². The van der Waals surface area contributed by atoms with Gasteiger partial charge in [-0.2, -0.15) is 0 Å². The first-order chi connectivity index (χ1) is 9.40. The molecule has 106 valence electrons. The van der Waals surface area contributed by atoms with Crippen molar-refractivity contribution in [3.8, 4) is 5.75 Å². The number of ether oxygens (including phenoxy) is 1. The van der Waals surface area contributed by atoms with Gasteiger partial charge in [0, 0.05) is 18.5 Å². The maximum Gasteiger partial charge on any atom is 0.303 e. The second-order valence-electron chi connectivity index (χ2n) is 4.36. The fourth-order valence-corrected chi connectivity index (χ4v) is 2.12. The summed E-state index contributed by atoms with van der Waals surface area (Å²) in [6.07, 6.45) is -0.419. The quantitative estimate of drug-likeness (QED) is 0.856. The molecule has 0 saturated carbocycles. The van der Waals surface area contributed by atoms with Gasteiger partial charge in [-0.1, -0.05) is 11.6 Å². The van der Waals surface area contributed by atoms with Gasteiger partial charge in [0.2, 0.25) is 0 Å². The average molecular weight is 298 g/mol. The van der Waals surface area contributed by atoms with Gasteiger partial charge in [0.25, 0.3) is 5.91 Å². The maximum atomic E-state index is 12.1. The van der Waals surface area contributed by atoms with Crippen molar-refractivity contribution >= 4 is 34.9 Å². The normalized spacial score (nSPS) is 13.7. The number of aliphatic carboxylic acids is 1. The van der Waals surface area contributed by atoms with Gasteiger partial charge in [0.05, 0.1) is 17.7 Å². The van der Waals surface area contributed by atoms with Crippen LogP contribution in [0, 0.1) is 0 Å². The summed E-state index contributed by atoms with van der Waals surface area (Å²) in [4.78, 5) is 35.5. The Bertz CT molecular complexity index is 599. The van der Waals surface area contributed by atoms with E-state index < -0.39 is 5.97 Å². The molecular weight excluding hydrogens is 286 g/mol. The van der Waals surface area contributed by atoms with Gasteiger partial charge in [0.15, 0.2) is 18.1 Å². The Morgan fingerprint density at radius 1 is 1.40 bits per heavy atom. The minimum absolute atomic E-state index is 0.150. The average Bonchev–Trinajstić information content (AvgIpc) is 2.40. The summed E-state index contributed by atoms with van der Waals surface area (Å²) in [6.45, 7) is -0.162. The number of fused-ring (bicyclic) bond motifs is 1. The number of nitrogens with zero attached hydrogens (tertiary/aromatic N) is 1. The predicted molar refractivity (Wildman–Crippen MR) is 71.6 cm³/mol. The number of benzene rings is 1. The Morgan fingerprint density at radius 2 is 2.10 bits per heavy atom. The molecule has 7 heteroatoms. The summed E-state index contributed by atoms with van der Waals surface area (Å²) < 4.78 is 5.30. The summed E-state index contributed by atoms with van der Waals surface area (Å²) in [6, 6.07) is 2.95. The fourth-order valence-electron chi connectivity index (χ4n) is 1.91. The Labute approximate surface area is 119 Å². The lowest BCUT2D eigenvalue weighted by molar-refractivity contribution is -0.137. The minimum atomic E-state index is -1.05. The molecule has 2 rings (SSSR count). The molecule has 1 aromatic carbocycles. The van der Waals surface area contributed by atoms with Crippen molar-refractivity contribution in [1.29, 1.82) is 0 Å². The van der Waals surface area contributed by atoms with Gasteiger partial charge in [0.1, 0.15) is 0 Å². The molecule has 0 atom stereocenters. The first-order valence-electron chi connectivity index (χ1n) is 5.88. The first kappa shape index (κ1) is 14.3. The number of carbonyl (C=O) groups excluding carboxylic acids is 2. The standard InChI is InChI=1S/C13H12ClNO5/c1-15-9-5-7(14)4-8(10(16)2-3-12(18)19)13(9)20-6-11(15)17/h4-5H,2-3,6H2,1H3,(H,18,19). The second-order valence-corrected chi connectivity index (χ2v) is 4.80. The highest BCUT2D eigenvalue weighted by Gasteiger charge is 2.27. The van der Waals surface area contributed by atoms with E-state index in [4.69, 9.17) is 21.4 Å². The fraction of sp³-hybridized carbons (Fsp3) is 0.308. The number of hydrogen-bond donors (Lipinski definition) is 1. The van der Waals surface area contributed by atoms with Gasteiger partial charge in [-0.05, 0) is 12.1 Å². The zero-order valence-electron chi connectivity index (χ0n) is 10.7. The third-order valence-electron chi connectivity index (χ3n) is 2.98. The Balaban J connectivity index is 2.39. The van der Waals surface area contributed by atoms with Gasteiger partial charge >= 0.3 is 5.97 Å². The summed E-state index contributed by atoms with van der Waals surface area (Å²) in [7, 11) is 1.56. The van der Waals surface area contributed by atoms with Crippen molar-refractivity contribution in [2.75, 3.05) is 18.6 Å². The van der Waals surface area contributed by atoms with Crippen LogP contribution in [0.2, 0.25) is 5.02 Å². The van der Waals surface area contributed by atoms with Crippen LogP contribution in [0.5, 0.6) is 5.75 Å². The lowest BCUT2D eigenvalue weighted by Gasteiger charge is -2.27. The van der Waals surface area contributed by atoms with E-state index in [1.807, 2.05) is 0 Å². The molecule has 1 aromatic rings. The largest absolute Gasteiger partial charge is 0.481 e. The Kier molecular flexibility index (Phi) is 3.94. The molecule has 1 N–H and O–H groups in total.